The summed E-state index contributed by atoms with van der Waals surface area (Å²) < 4.78 is 0. The Kier molecular flexibility index (Phi) is 4.16. The second-order valence-electron chi connectivity index (χ2n) is 4.73. The molecule has 3 N–H and O–H groups in total. The summed E-state index contributed by atoms with van der Waals surface area (Å²) in [7, 11) is 0. The van der Waals surface area contributed by atoms with Gasteiger partial charge in [-0.15, -0.1) is 0 Å². The SMILES string of the molecule is CCN(CC(N)=O)C(=O)[C@@H]1Cc2ccccc2CN1. The van der Waals surface area contributed by atoms with E-state index in [-0.39, 0.29) is 18.5 Å². The third kappa shape index (κ3) is 3.12. The van der Waals surface area contributed by atoms with Gasteiger partial charge >= 0.3 is 0 Å². The molecule has 0 bridgehead atoms. The second kappa shape index (κ2) is 5.84. The molecule has 1 heterocycles. The van der Waals surface area contributed by atoms with Crippen molar-refractivity contribution in [2.45, 2.75) is 25.9 Å². The number of rotatable bonds is 4. The molecule has 0 aliphatic carbocycles. The van der Waals surface area contributed by atoms with E-state index >= 15 is 0 Å². The smallest absolute Gasteiger partial charge is 0.240 e. The average molecular weight is 261 g/mol. The molecular weight excluding hydrogens is 242 g/mol. The monoisotopic (exact) mass is 261 g/mol. The number of carbonyl (C=O) groups excluding carboxylic acids is 2. The molecule has 2 rings (SSSR count). The Hall–Kier alpha value is -1.88. The molecule has 1 aromatic carbocycles. The van der Waals surface area contributed by atoms with Crippen LogP contribution in [0.2, 0.25) is 0 Å². The Balaban J connectivity index is 2.07. The standard InChI is InChI=1S/C14H19N3O2/c1-2-17(9-13(15)18)14(19)12-7-10-5-3-4-6-11(10)8-16-12/h3-6,12,16H,2,7-9H2,1H3,(H2,15,18)/t12-/m0/s1. The van der Waals surface area contributed by atoms with Crippen molar-refractivity contribution in [3.8, 4) is 0 Å². The summed E-state index contributed by atoms with van der Waals surface area (Å²) in [5, 5.41) is 3.22. The Morgan fingerprint density at radius 3 is 2.68 bits per heavy atom. The van der Waals surface area contributed by atoms with Gasteiger partial charge in [-0.1, -0.05) is 24.3 Å². The summed E-state index contributed by atoms with van der Waals surface area (Å²) in [4.78, 5) is 24.8. The van der Waals surface area contributed by atoms with Crippen molar-refractivity contribution in [2.75, 3.05) is 13.1 Å². The van der Waals surface area contributed by atoms with Crippen LogP contribution >= 0.6 is 0 Å². The number of carbonyl (C=O) groups is 2. The number of nitrogens with one attached hydrogen (secondary N) is 1. The average Bonchev–Trinajstić information content (AvgIpc) is 2.43. The van der Waals surface area contributed by atoms with Crippen LogP contribution in [0.1, 0.15) is 18.1 Å². The van der Waals surface area contributed by atoms with Crippen molar-refractivity contribution >= 4 is 11.8 Å². The summed E-state index contributed by atoms with van der Waals surface area (Å²) in [6, 6.07) is 7.81. The summed E-state index contributed by atoms with van der Waals surface area (Å²) in [6.07, 6.45) is 0.657. The number of fused-ring (bicyclic) bond motifs is 1. The zero-order valence-corrected chi connectivity index (χ0v) is 11.1. The minimum absolute atomic E-state index is 0.0187. The number of hydrogen-bond donors (Lipinski definition) is 2. The van der Waals surface area contributed by atoms with Crippen LogP contribution in [0.15, 0.2) is 24.3 Å². The summed E-state index contributed by atoms with van der Waals surface area (Å²) in [5.74, 6) is -0.540. The van der Waals surface area contributed by atoms with E-state index in [4.69, 9.17) is 5.73 Å². The first-order chi connectivity index (χ1) is 9.11. The van der Waals surface area contributed by atoms with E-state index in [1.807, 2.05) is 25.1 Å². The number of benzene rings is 1. The van der Waals surface area contributed by atoms with Gasteiger partial charge in [0, 0.05) is 13.1 Å². The second-order valence-corrected chi connectivity index (χ2v) is 4.73. The van der Waals surface area contributed by atoms with Crippen LogP contribution < -0.4 is 11.1 Å². The largest absolute Gasteiger partial charge is 0.368 e. The Morgan fingerprint density at radius 2 is 2.05 bits per heavy atom. The fourth-order valence-corrected chi connectivity index (χ4v) is 2.38. The van der Waals surface area contributed by atoms with Crippen LogP contribution in [-0.4, -0.2) is 35.8 Å². The van der Waals surface area contributed by atoms with Gasteiger partial charge in [0.1, 0.15) is 0 Å². The minimum Gasteiger partial charge on any atom is -0.368 e. The Labute approximate surface area is 112 Å². The lowest BCUT2D eigenvalue weighted by atomic mass is 9.95. The van der Waals surface area contributed by atoms with Crippen molar-refractivity contribution in [3.05, 3.63) is 35.4 Å². The molecule has 2 amide bonds. The lowest BCUT2D eigenvalue weighted by molar-refractivity contribution is -0.137. The summed E-state index contributed by atoms with van der Waals surface area (Å²) >= 11 is 0. The highest BCUT2D eigenvalue weighted by molar-refractivity contribution is 5.87. The number of primary amides is 1. The molecule has 0 fully saturated rings. The van der Waals surface area contributed by atoms with Gasteiger partial charge in [0.2, 0.25) is 11.8 Å². The lowest BCUT2D eigenvalue weighted by Crippen LogP contribution is -2.51. The van der Waals surface area contributed by atoms with Gasteiger partial charge in [-0.25, -0.2) is 0 Å². The van der Waals surface area contributed by atoms with Crippen LogP contribution in [0, 0.1) is 0 Å². The van der Waals surface area contributed by atoms with Crippen molar-refractivity contribution in [1.82, 2.24) is 10.2 Å². The molecule has 1 aliphatic heterocycles. The maximum absolute atomic E-state index is 12.3. The normalized spacial score (nSPS) is 17.6. The highest BCUT2D eigenvalue weighted by Gasteiger charge is 2.27. The maximum Gasteiger partial charge on any atom is 0.240 e. The summed E-state index contributed by atoms with van der Waals surface area (Å²) in [5.41, 5.74) is 7.58. The van der Waals surface area contributed by atoms with Gasteiger partial charge in [-0.2, -0.15) is 0 Å². The predicted octanol–water partition coefficient (Wildman–Crippen LogP) is 0.0347. The van der Waals surface area contributed by atoms with Crippen molar-refractivity contribution in [2.24, 2.45) is 5.73 Å². The molecule has 0 radical (unpaired) electrons. The molecule has 102 valence electrons. The van der Waals surface area contributed by atoms with Crippen molar-refractivity contribution < 1.29 is 9.59 Å². The summed E-state index contributed by atoms with van der Waals surface area (Å²) in [6.45, 7) is 3.00. The fourth-order valence-electron chi connectivity index (χ4n) is 2.38. The third-order valence-corrected chi connectivity index (χ3v) is 3.42. The first kappa shape index (κ1) is 13.5. The molecule has 1 aromatic rings. The molecule has 0 saturated heterocycles. The van der Waals surface area contributed by atoms with Gasteiger partial charge in [0.15, 0.2) is 0 Å². The molecular formula is C14H19N3O2. The number of likely N-dealkylation sites (N-methyl/N-ethyl adjacent to an activating group) is 1. The molecule has 1 aliphatic rings. The first-order valence-corrected chi connectivity index (χ1v) is 6.49. The van der Waals surface area contributed by atoms with Crippen LogP contribution in [0.4, 0.5) is 0 Å². The number of nitrogens with two attached hydrogens (primary N) is 1. The topological polar surface area (TPSA) is 75.4 Å². The fraction of sp³-hybridized carbons (Fsp3) is 0.429. The van der Waals surface area contributed by atoms with Gasteiger partial charge in [-0.3, -0.25) is 9.59 Å². The highest BCUT2D eigenvalue weighted by atomic mass is 16.2. The highest BCUT2D eigenvalue weighted by Crippen LogP contribution is 2.17. The zero-order chi connectivity index (χ0) is 13.8. The molecule has 0 unspecified atom stereocenters. The Bertz CT molecular complexity index is 487. The minimum atomic E-state index is -0.480. The van der Waals surface area contributed by atoms with Crippen LogP contribution in [0.3, 0.4) is 0 Å². The number of hydrogen-bond acceptors (Lipinski definition) is 3. The molecule has 1 atom stereocenters. The predicted molar refractivity (Wildman–Crippen MR) is 72.2 cm³/mol. The quantitative estimate of drug-likeness (QED) is 0.803. The lowest BCUT2D eigenvalue weighted by Gasteiger charge is -2.29. The Morgan fingerprint density at radius 1 is 1.37 bits per heavy atom. The van der Waals surface area contributed by atoms with E-state index in [2.05, 4.69) is 11.4 Å². The van der Waals surface area contributed by atoms with Gasteiger partial charge in [0.05, 0.1) is 12.6 Å². The van der Waals surface area contributed by atoms with Crippen LogP contribution in [0.5, 0.6) is 0 Å². The molecule has 0 aromatic heterocycles. The molecule has 19 heavy (non-hydrogen) atoms. The first-order valence-electron chi connectivity index (χ1n) is 6.49. The van der Waals surface area contributed by atoms with Gasteiger partial charge in [-0.05, 0) is 24.5 Å². The maximum atomic E-state index is 12.3. The van der Waals surface area contributed by atoms with Crippen molar-refractivity contribution in [3.63, 3.8) is 0 Å². The van der Waals surface area contributed by atoms with E-state index in [9.17, 15) is 9.59 Å². The molecule has 0 spiro atoms. The molecule has 5 heteroatoms. The van der Waals surface area contributed by atoms with Gasteiger partial charge in [0.25, 0.3) is 0 Å². The molecule has 5 nitrogen and oxygen atoms in total. The van der Waals surface area contributed by atoms with E-state index in [0.717, 1.165) is 0 Å². The van der Waals surface area contributed by atoms with Crippen LogP contribution in [-0.2, 0) is 22.6 Å². The van der Waals surface area contributed by atoms with Gasteiger partial charge < -0.3 is 16.0 Å². The molecule has 0 saturated carbocycles. The number of amides is 2. The van der Waals surface area contributed by atoms with E-state index in [0.29, 0.717) is 19.5 Å². The number of nitrogens with zero attached hydrogens (tertiary/aromatic N) is 1. The third-order valence-electron chi connectivity index (χ3n) is 3.42. The zero-order valence-electron chi connectivity index (χ0n) is 11.1. The van der Waals surface area contributed by atoms with E-state index in [1.54, 1.807) is 0 Å². The van der Waals surface area contributed by atoms with E-state index in [1.165, 1.54) is 16.0 Å². The van der Waals surface area contributed by atoms with Crippen molar-refractivity contribution in [1.29, 1.82) is 0 Å². The van der Waals surface area contributed by atoms with E-state index < -0.39 is 5.91 Å². The van der Waals surface area contributed by atoms with Crippen LogP contribution in [0.25, 0.3) is 0 Å².